The van der Waals surface area contributed by atoms with Gasteiger partial charge in [0.25, 0.3) is 0 Å². The first-order valence-corrected chi connectivity index (χ1v) is 13.6. The largest absolute Gasteiger partial charge is 0.334 e. The molecule has 1 aliphatic rings. The molecule has 0 N–H and O–H groups in total. The minimum Gasteiger partial charge on any atom is -0.309 e. The van der Waals surface area contributed by atoms with E-state index in [1.807, 2.05) is 44.2 Å². The van der Waals surface area contributed by atoms with Crippen LogP contribution in [-0.4, -0.2) is 38.2 Å². The van der Waals surface area contributed by atoms with E-state index in [0.29, 0.717) is 26.4 Å². The van der Waals surface area contributed by atoms with E-state index >= 15 is 0 Å². The molecule has 160 valence electrons. The van der Waals surface area contributed by atoms with Crippen LogP contribution in [0.25, 0.3) is 0 Å². The standard InChI is InChI=1S/C20H34O6P2/c1-5-23-27(21,24-6-2)16-18-14-15-19(17-12-10-9-11-13-17)20(18)28(22,25-7-3)26-8-4/h9-13,18-20H,5-8,14-16H2,1-4H3/t18-,19-,20+/m0/s1. The maximum absolute atomic E-state index is 13.8. The SMILES string of the molecule is CCOP(=O)(C[C@@H]1CC[C@@H](c2ccccc2)[C@@H]1P(=O)(OCC)OCC)OCC. The van der Waals surface area contributed by atoms with Crippen LogP contribution in [0.4, 0.5) is 0 Å². The summed E-state index contributed by atoms with van der Waals surface area (Å²) in [4.78, 5) is 0. The maximum Gasteiger partial charge on any atom is 0.334 e. The molecule has 2 rings (SSSR count). The molecule has 0 aliphatic heterocycles. The fourth-order valence-corrected chi connectivity index (χ4v) is 9.09. The van der Waals surface area contributed by atoms with Gasteiger partial charge < -0.3 is 18.1 Å². The van der Waals surface area contributed by atoms with Gasteiger partial charge >= 0.3 is 15.2 Å². The first kappa shape index (κ1) is 23.8. The Morgan fingerprint density at radius 1 is 0.821 bits per heavy atom. The van der Waals surface area contributed by atoms with Crippen LogP contribution in [0.3, 0.4) is 0 Å². The lowest BCUT2D eigenvalue weighted by Crippen LogP contribution is -2.26. The van der Waals surface area contributed by atoms with Gasteiger partial charge in [-0.15, -0.1) is 0 Å². The number of hydrogen-bond donors (Lipinski definition) is 0. The molecule has 0 unspecified atom stereocenters. The lowest BCUT2D eigenvalue weighted by molar-refractivity contribution is 0.200. The van der Waals surface area contributed by atoms with E-state index in [1.165, 1.54) is 0 Å². The lowest BCUT2D eigenvalue weighted by atomic mass is 9.96. The molecule has 3 atom stereocenters. The van der Waals surface area contributed by atoms with Crippen LogP contribution in [0.15, 0.2) is 30.3 Å². The predicted octanol–water partition coefficient (Wildman–Crippen LogP) is 6.08. The molecule has 1 aromatic carbocycles. The van der Waals surface area contributed by atoms with E-state index in [9.17, 15) is 9.13 Å². The van der Waals surface area contributed by atoms with Crippen LogP contribution < -0.4 is 0 Å². The highest BCUT2D eigenvalue weighted by Crippen LogP contribution is 2.66. The average Bonchev–Trinajstić information content (AvgIpc) is 3.07. The smallest absolute Gasteiger partial charge is 0.309 e. The zero-order valence-corrected chi connectivity index (χ0v) is 19.2. The molecule has 1 saturated carbocycles. The van der Waals surface area contributed by atoms with Crippen LogP contribution in [0.1, 0.15) is 52.0 Å². The third-order valence-corrected chi connectivity index (χ3v) is 10.0. The molecule has 8 heteroatoms. The summed E-state index contributed by atoms with van der Waals surface area (Å²) in [7, 11) is -6.66. The molecule has 0 aromatic heterocycles. The van der Waals surface area contributed by atoms with Crippen molar-refractivity contribution in [2.75, 3.05) is 32.6 Å². The Labute approximate surface area is 169 Å². The van der Waals surface area contributed by atoms with Crippen LogP contribution in [0.2, 0.25) is 0 Å². The van der Waals surface area contributed by atoms with E-state index in [4.69, 9.17) is 18.1 Å². The fourth-order valence-electron chi connectivity index (χ4n) is 4.20. The van der Waals surface area contributed by atoms with Crippen molar-refractivity contribution in [1.29, 1.82) is 0 Å². The Balaban J connectivity index is 2.40. The molecule has 1 aromatic rings. The molecule has 6 nitrogen and oxygen atoms in total. The lowest BCUT2D eigenvalue weighted by Gasteiger charge is -2.33. The summed E-state index contributed by atoms with van der Waals surface area (Å²) in [6, 6.07) is 10.0. The molecule has 28 heavy (non-hydrogen) atoms. The molecular formula is C20H34O6P2. The fraction of sp³-hybridized carbons (Fsp3) is 0.700. The van der Waals surface area contributed by atoms with E-state index in [1.54, 1.807) is 13.8 Å². The summed E-state index contributed by atoms with van der Waals surface area (Å²) in [5.41, 5.74) is 0.737. The average molecular weight is 432 g/mol. The molecule has 0 amide bonds. The normalized spacial score (nSPS) is 23.2. The number of rotatable bonds is 12. The van der Waals surface area contributed by atoms with Crippen molar-refractivity contribution in [2.24, 2.45) is 5.92 Å². The second-order valence-electron chi connectivity index (χ2n) is 6.85. The van der Waals surface area contributed by atoms with Crippen molar-refractivity contribution < 1.29 is 27.2 Å². The van der Waals surface area contributed by atoms with Gasteiger partial charge in [0.15, 0.2) is 0 Å². The van der Waals surface area contributed by atoms with Crippen LogP contribution in [0.5, 0.6) is 0 Å². The highest BCUT2D eigenvalue weighted by Gasteiger charge is 2.52. The second-order valence-corrected chi connectivity index (χ2v) is 11.1. The van der Waals surface area contributed by atoms with Gasteiger partial charge in [0.05, 0.1) is 38.2 Å². The summed E-state index contributed by atoms with van der Waals surface area (Å²) in [5.74, 6) is -0.107. The summed E-state index contributed by atoms with van der Waals surface area (Å²) in [5, 5.41) is 0. The summed E-state index contributed by atoms with van der Waals surface area (Å²) < 4.78 is 49.5. The Morgan fingerprint density at radius 3 is 1.86 bits per heavy atom. The topological polar surface area (TPSA) is 71.1 Å². The van der Waals surface area contributed by atoms with Crippen molar-refractivity contribution in [3.8, 4) is 0 Å². The third kappa shape index (κ3) is 5.78. The van der Waals surface area contributed by atoms with E-state index in [-0.39, 0.29) is 23.7 Å². The predicted molar refractivity (Wildman–Crippen MR) is 112 cm³/mol. The van der Waals surface area contributed by atoms with Gasteiger partial charge in [-0.3, -0.25) is 9.13 Å². The molecule has 0 saturated heterocycles. The molecule has 0 spiro atoms. The van der Waals surface area contributed by atoms with Crippen LogP contribution in [0, 0.1) is 5.92 Å². The summed E-state index contributed by atoms with van der Waals surface area (Å²) >= 11 is 0. The van der Waals surface area contributed by atoms with Crippen molar-refractivity contribution in [3.05, 3.63) is 35.9 Å². The minimum atomic E-state index is -3.40. The van der Waals surface area contributed by atoms with Crippen molar-refractivity contribution in [3.63, 3.8) is 0 Å². The van der Waals surface area contributed by atoms with Gasteiger partial charge in [-0.05, 0) is 57.9 Å². The summed E-state index contributed by atoms with van der Waals surface area (Å²) in [6.07, 6.45) is 1.84. The molecule has 0 heterocycles. The zero-order chi connectivity index (χ0) is 20.6. The molecule has 1 aliphatic carbocycles. The molecule has 0 radical (unpaired) electrons. The molecule has 0 bridgehead atoms. The Bertz CT molecular complexity index is 661. The quantitative estimate of drug-likeness (QED) is 0.373. The zero-order valence-electron chi connectivity index (χ0n) is 17.4. The Kier molecular flexibility index (Phi) is 9.40. The van der Waals surface area contributed by atoms with Gasteiger partial charge in [0, 0.05) is 0 Å². The molecule has 1 fully saturated rings. The minimum absolute atomic E-state index is 0.0202. The van der Waals surface area contributed by atoms with Crippen molar-refractivity contribution in [2.45, 2.75) is 52.1 Å². The number of hydrogen-bond acceptors (Lipinski definition) is 6. The Morgan fingerprint density at radius 2 is 1.36 bits per heavy atom. The monoisotopic (exact) mass is 432 g/mol. The van der Waals surface area contributed by atoms with Gasteiger partial charge in [-0.1, -0.05) is 30.3 Å². The first-order valence-electron chi connectivity index (χ1n) is 10.2. The first-order chi connectivity index (χ1) is 13.4. The van der Waals surface area contributed by atoms with E-state index in [2.05, 4.69) is 0 Å². The van der Waals surface area contributed by atoms with Crippen molar-refractivity contribution >= 4 is 15.2 Å². The second kappa shape index (κ2) is 11.1. The van der Waals surface area contributed by atoms with Gasteiger partial charge in [0.1, 0.15) is 0 Å². The summed E-state index contributed by atoms with van der Waals surface area (Å²) in [6.45, 7) is 8.46. The number of benzene rings is 1. The van der Waals surface area contributed by atoms with Crippen molar-refractivity contribution in [1.82, 2.24) is 0 Å². The molecular weight excluding hydrogens is 398 g/mol. The van der Waals surface area contributed by atoms with E-state index in [0.717, 1.165) is 18.4 Å². The van der Waals surface area contributed by atoms with E-state index < -0.39 is 15.2 Å². The highest BCUT2D eigenvalue weighted by atomic mass is 31.2. The van der Waals surface area contributed by atoms with Gasteiger partial charge in [0.2, 0.25) is 0 Å². The van der Waals surface area contributed by atoms with Crippen LogP contribution in [-0.2, 0) is 27.2 Å². The van der Waals surface area contributed by atoms with Gasteiger partial charge in [-0.25, -0.2) is 0 Å². The van der Waals surface area contributed by atoms with Gasteiger partial charge in [-0.2, -0.15) is 0 Å². The van der Waals surface area contributed by atoms with Crippen LogP contribution >= 0.6 is 15.2 Å². The Hall–Kier alpha value is -0.480. The maximum atomic E-state index is 13.8. The highest BCUT2D eigenvalue weighted by molar-refractivity contribution is 7.55. The third-order valence-electron chi connectivity index (χ3n) is 5.06.